The molecule has 5 rings (SSSR count). The summed E-state index contributed by atoms with van der Waals surface area (Å²) in [6.45, 7) is 8.41. The van der Waals surface area contributed by atoms with Gasteiger partial charge in [-0.15, -0.1) is 22.7 Å². The normalized spacial score (nSPS) is 15.8. The Labute approximate surface area is 219 Å². The van der Waals surface area contributed by atoms with Crippen LogP contribution in [0.2, 0.25) is 0 Å². The quantitative estimate of drug-likeness (QED) is 0.226. The number of thiazole rings is 1. The van der Waals surface area contributed by atoms with Crippen molar-refractivity contribution in [2.45, 2.75) is 45.2 Å². The molecule has 3 heterocycles. The molecule has 2 aromatic carbocycles. The molecule has 0 fully saturated rings. The Morgan fingerprint density at radius 3 is 2.30 bits per heavy atom. The number of hydrogen-bond donors (Lipinski definition) is 2. The summed E-state index contributed by atoms with van der Waals surface area (Å²) in [5.74, 6) is -0.669. The first-order chi connectivity index (χ1) is 17.3. The number of carbonyl (C=O) groups excluding carboxylic acids is 1. The fraction of sp³-hybridized carbons (Fsp3) is 0.280. The standard InChI is InChI=1S/C25H23N5O5S2/c1-24(2)12-16-19(22-26-17-7-5-6-8-18(17)36-22)23(37-20(16)25(3,4)28-24)27-21(31)13-9-14(29(32)33)11-15(10-13)30(34)35/h5-11,28H,12H2,1-4H3,(H,27,31). The Hall–Kier alpha value is -3.74. The molecule has 10 nitrogen and oxygen atoms in total. The number of non-ortho nitro benzene ring substituents is 2. The van der Waals surface area contributed by atoms with Gasteiger partial charge in [-0.25, -0.2) is 4.98 Å². The molecular weight excluding hydrogens is 514 g/mol. The number of fused-ring (bicyclic) bond motifs is 2. The topological polar surface area (TPSA) is 140 Å². The Morgan fingerprint density at radius 2 is 1.68 bits per heavy atom. The highest BCUT2D eigenvalue weighted by molar-refractivity contribution is 7.23. The zero-order valence-electron chi connectivity index (χ0n) is 20.4. The summed E-state index contributed by atoms with van der Waals surface area (Å²) < 4.78 is 1.01. The Bertz CT molecular complexity index is 1540. The van der Waals surface area contributed by atoms with E-state index in [0.29, 0.717) is 11.4 Å². The highest BCUT2D eigenvalue weighted by atomic mass is 32.1. The van der Waals surface area contributed by atoms with Crippen LogP contribution in [0, 0.1) is 20.2 Å². The van der Waals surface area contributed by atoms with Gasteiger partial charge in [0.15, 0.2) is 0 Å². The van der Waals surface area contributed by atoms with E-state index in [1.165, 1.54) is 22.7 Å². The number of thiophene rings is 1. The number of carbonyl (C=O) groups is 1. The van der Waals surface area contributed by atoms with E-state index in [1.807, 2.05) is 24.3 Å². The summed E-state index contributed by atoms with van der Waals surface area (Å²) in [6.07, 6.45) is 0.700. The van der Waals surface area contributed by atoms with E-state index in [1.54, 1.807) is 0 Å². The smallest absolute Gasteiger partial charge is 0.277 e. The molecule has 0 saturated heterocycles. The molecule has 0 atom stereocenters. The van der Waals surface area contributed by atoms with Crippen LogP contribution < -0.4 is 10.6 Å². The molecular formula is C25H23N5O5S2. The number of nitro benzene ring substituents is 2. The number of aromatic nitrogens is 1. The maximum absolute atomic E-state index is 13.3. The lowest BCUT2D eigenvalue weighted by atomic mass is 9.81. The molecule has 190 valence electrons. The van der Waals surface area contributed by atoms with E-state index in [9.17, 15) is 25.0 Å². The first kappa shape index (κ1) is 24.9. The molecule has 0 radical (unpaired) electrons. The fourth-order valence-corrected chi connectivity index (χ4v) is 7.32. The van der Waals surface area contributed by atoms with E-state index in [0.717, 1.165) is 49.4 Å². The van der Waals surface area contributed by atoms with Gasteiger partial charge in [-0.2, -0.15) is 0 Å². The summed E-state index contributed by atoms with van der Waals surface area (Å²) >= 11 is 2.95. The molecule has 0 aliphatic carbocycles. The maximum Gasteiger partial charge on any atom is 0.277 e. The minimum absolute atomic E-state index is 0.166. The van der Waals surface area contributed by atoms with Gasteiger partial charge in [-0.1, -0.05) is 12.1 Å². The highest BCUT2D eigenvalue weighted by Crippen LogP contribution is 2.50. The molecule has 0 saturated carbocycles. The third kappa shape index (κ3) is 4.59. The molecule has 0 spiro atoms. The number of nitrogens with one attached hydrogen (secondary N) is 2. The van der Waals surface area contributed by atoms with Crippen molar-refractivity contribution in [1.29, 1.82) is 0 Å². The van der Waals surface area contributed by atoms with Crippen molar-refractivity contribution in [2.24, 2.45) is 0 Å². The number of anilines is 1. The number of nitro groups is 2. The van der Waals surface area contributed by atoms with Crippen molar-refractivity contribution in [3.8, 4) is 10.6 Å². The predicted molar refractivity (Wildman–Crippen MR) is 145 cm³/mol. The Balaban J connectivity index is 1.66. The highest BCUT2D eigenvalue weighted by Gasteiger charge is 2.41. The Morgan fingerprint density at radius 1 is 1.03 bits per heavy atom. The molecule has 4 aromatic rings. The fourth-order valence-electron chi connectivity index (χ4n) is 4.93. The van der Waals surface area contributed by atoms with Crippen molar-refractivity contribution in [2.75, 3.05) is 5.32 Å². The summed E-state index contributed by atoms with van der Waals surface area (Å²) in [6, 6.07) is 10.7. The molecule has 2 N–H and O–H groups in total. The van der Waals surface area contributed by atoms with Gasteiger partial charge in [-0.05, 0) is 51.8 Å². The van der Waals surface area contributed by atoms with Crippen LogP contribution in [-0.4, -0.2) is 26.3 Å². The van der Waals surface area contributed by atoms with E-state index < -0.39 is 27.1 Å². The van der Waals surface area contributed by atoms with E-state index in [2.05, 4.69) is 38.3 Å². The molecule has 2 aromatic heterocycles. The minimum Gasteiger partial charge on any atom is -0.313 e. The number of hydrogen-bond acceptors (Lipinski definition) is 9. The van der Waals surface area contributed by atoms with Crippen molar-refractivity contribution in [3.63, 3.8) is 0 Å². The predicted octanol–water partition coefficient (Wildman–Crippen LogP) is 6.25. The van der Waals surface area contributed by atoms with Gasteiger partial charge >= 0.3 is 0 Å². The van der Waals surface area contributed by atoms with Crippen LogP contribution in [0.3, 0.4) is 0 Å². The van der Waals surface area contributed by atoms with Crippen LogP contribution in [0.5, 0.6) is 0 Å². The number of rotatable bonds is 5. The molecule has 0 unspecified atom stereocenters. The Kier molecular flexibility index (Phi) is 5.85. The van der Waals surface area contributed by atoms with Gasteiger partial charge in [0.2, 0.25) is 0 Å². The van der Waals surface area contributed by atoms with Crippen LogP contribution in [0.1, 0.15) is 48.5 Å². The van der Waals surface area contributed by atoms with Gasteiger partial charge in [-0.3, -0.25) is 25.0 Å². The van der Waals surface area contributed by atoms with Gasteiger partial charge in [0, 0.05) is 33.7 Å². The van der Waals surface area contributed by atoms with Gasteiger partial charge < -0.3 is 10.6 Å². The van der Waals surface area contributed by atoms with Crippen molar-refractivity contribution in [3.05, 3.63) is 78.7 Å². The first-order valence-corrected chi connectivity index (χ1v) is 13.0. The van der Waals surface area contributed by atoms with Crippen LogP contribution in [0.15, 0.2) is 42.5 Å². The first-order valence-electron chi connectivity index (χ1n) is 11.4. The average molecular weight is 538 g/mol. The molecule has 1 amide bonds. The zero-order chi connectivity index (χ0) is 26.7. The lowest BCUT2D eigenvalue weighted by molar-refractivity contribution is -0.394. The number of benzene rings is 2. The third-order valence-corrected chi connectivity index (χ3v) is 8.69. The summed E-state index contributed by atoms with van der Waals surface area (Å²) in [5.41, 5.74) is 0.925. The SMILES string of the molecule is CC1(C)Cc2c(sc(NC(=O)c3cc([N+](=O)[O-])cc([N+](=O)[O-])c3)c2-c2nc3ccccc3s2)C(C)(C)N1. The molecule has 1 aliphatic rings. The second kappa shape index (κ2) is 8.68. The second-order valence-electron chi connectivity index (χ2n) is 10.1. The lowest BCUT2D eigenvalue weighted by Gasteiger charge is -2.42. The van der Waals surface area contributed by atoms with Gasteiger partial charge in [0.05, 0.1) is 31.7 Å². The summed E-state index contributed by atoms with van der Waals surface area (Å²) in [5, 5.41) is 30.5. The molecule has 37 heavy (non-hydrogen) atoms. The average Bonchev–Trinajstić information content (AvgIpc) is 3.38. The summed E-state index contributed by atoms with van der Waals surface area (Å²) in [7, 11) is 0. The number of amides is 1. The van der Waals surface area contributed by atoms with Crippen LogP contribution >= 0.6 is 22.7 Å². The van der Waals surface area contributed by atoms with Crippen molar-refractivity contribution in [1.82, 2.24) is 10.3 Å². The zero-order valence-corrected chi connectivity index (χ0v) is 22.1. The lowest BCUT2D eigenvalue weighted by Crippen LogP contribution is -2.54. The number of nitrogens with zero attached hydrogens (tertiary/aromatic N) is 3. The third-order valence-electron chi connectivity index (χ3n) is 6.17. The van der Waals surface area contributed by atoms with Crippen molar-refractivity contribution < 1.29 is 14.6 Å². The van der Waals surface area contributed by atoms with E-state index in [-0.39, 0.29) is 16.6 Å². The minimum atomic E-state index is -0.754. The monoisotopic (exact) mass is 537 g/mol. The van der Waals surface area contributed by atoms with Crippen LogP contribution in [-0.2, 0) is 12.0 Å². The van der Waals surface area contributed by atoms with Crippen LogP contribution in [0.4, 0.5) is 16.4 Å². The molecule has 12 heteroatoms. The van der Waals surface area contributed by atoms with Gasteiger partial charge in [0.1, 0.15) is 10.0 Å². The second-order valence-corrected chi connectivity index (χ2v) is 12.2. The largest absolute Gasteiger partial charge is 0.313 e. The van der Waals surface area contributed by atoms with Crippen molar-refractivity contribution >= 4 is 55.2 Å². The molecule has 0 bridgehead atoms. The van der Waals surface area contributed by atoms with E-state index in [4.69, 9.17) is 4.98 Å². The summed E-state index contributed by atoms with van der Waals surface area (Å²) in [4.78, 5) is 40.4. The van der Waals surface area contributed by atoms with Crippen LogP contribution in [0.25, 0.3) is 20.8 Å². The van der Waals surface area contributed by atoms with E-state index >= 15 is 0 Å². The number of para-hydroxylation sites is 1. The molecule has 1 aliphatic heterocycles. The van der Waals surface area contributed by atoms with Gasteiger partial charge in [0.25, 0.3) is 17.3 Å². The maximum atomic E-state index is 13.3.